The van der Waals surface area contributed by atoms with Gasteiger partial charge in [-0.2, -0.15) is 0 Å². The van der Waals surface area contributed by atoms with E-state index in [1.165, 1.54) is 36.9 Å². The first kappa shape index (κ1) is 15.7. The van der Waals surface area contributed by atoms with Gasteiger partial charge in [0.1, 0.15) is 0 Å². The molecule has 0 spiro atoms. The molecule has 0 saturated carbocycles. The topological polar surface area (TPSA) is 29.3 Å². The van der Waals surface area contributed by atoms with Gasteiger partial charge in [-0.3, -0.25) is 0 Å². The molecule has 0 atom stereocenters. The van der Waals surface area contributed by atoms with Crippen molar-refractivity contribution in [3.05, 3.63) is 28.8 Å². The number of nitrogens with zero attached hydrogens (tertiary/aromatic N) is 1. The van der Waals surface area contributed by atoms with Crippen molar-refractivity contribution in [3.63, 3.8) is 0 Å². The number of nitrogens with two attached hydrogens (primary N) is 1. The van der Waals surface area contributed by atoms with Gasteiger partial charge in [0.15, 0.2) is 0 Å². The molecule has 0 unspecified atom stereocenters. The predicted octanol–water partition coefficient (Wildman–Crippen LogP) is 4.25. The fraction of sp³-hybridized carbons (Fsp3) is 0.647. The number of hydrogen-bond donors (Lipinski definition) is 1. The second kappa shape index (κ2) is 6.82. The predicted molar refractivity (Wildman–Crippen MR) is 88.7 cm³/mol. The number of anilines is 1. The van der Waals surface area contributed by atoms with E-state index in [4.69, 9.17) is 17.3 Å². The number of hydrogen-bond acceptors (Lipinski definition) is 2. The molecule has 3 heteroatoms. The highest BCUT2D eigenvalue weighted by molar-refractivity contribution is 6.33. The molecule has 1 saturated heterocycles. The van der Waals surface area contributed by atoms with Crippen LogP contribution in [-0.4, -0.2) is 19.6 Å². The maximum Gasteiger partial charge on any atom is 0.0642 e. The molecule has 0 amide bonds. The van der Waals surface area contributed by atoms with Gasteiger partial charge in [-0.15, -0.1) is 0 Å². The Balaban J connectivity index is 2.07. The second-order valence-corrected chi connectivity index (χ2v) is 6.43. The van der Waals surface area contributed by atoms with E-state index in [-0.39, 0.29) is 0 Å². The van der Waals surface area contributed by atoms with Crippen molar-refractivity contribution in [2.24, 2.45) is 11.1 Å². The first-order valence-corrected chi connectivity index (χ1v) is 8.25. The molecule has 1 aromatic rings. The standard InChI is InChI=1S/C17H27ClN2/c1-3-17(4-2)8-11-20(12-9-17)16-6-5-14(7-10-19)13-15(16)18/h5-6,13H,3-4,7-12,19H2,1-2H3. The Hall–Kier alpha value is -0.730. The van der Waals surface area contributed by atoms with Crippen molar-refractivity contribution < 1.29 is 0 Å². The Labute approximate surface area is 128 Å². The minimum atomic E-state index is 0.558. The van der Waals surface area contributed by atoms with Crippen LogP contribution in [0.4, 0.5) is 5.69 Å². The van der Waals surface area contributed by atoms with Crippen LogP contribution in [0.15, 0.2) is 18.2 Å². The van der Waals surface area contributed by atoms with E-state index in [0.29, 0.717) is 12.0 Å². The summed E-state index contributed by atoms with van der Waals surface area (Å²) in [6.45, 7) is 7.58. The molecule has 0 radical (unpaired) electrons. The third-order valence-electron chi connectivity index (χ3n) is 5.11. The molecule has 1 heterocycles. The van der Waals surface area contributed by atoms with Crippen LogP contribution in [0.3, 0.4) is 0 Å². The van der Waals surface area contributed by atoms with Crippen LogP contribution in [0.2, 0.25) is 5.02 Å². The van der Waals surface area contributed by atoms with Crippen molar-refractivity contribution in [1.82, 2.24) is 0 Å². The molecule has 0 aromatic heterocycles. The maximum atomic E-state index is 6.45. The third kappa shape index (κ3) is 3.29. The molecule has 2 rings (SSSR count). The van der Waals surface area contributed by atoms with E-state index in [1.807, 2.05) is 0 Å². The summed E-state index contributed by atoms with van der Waals surface area (Å²) in [4.78, 5) is 2.44. The van der Waals surface area contributed by atoms with E-state index in [9.17, 15) is 0 Å². The molecule has 1 aliphatic heterocycles. The number of benzene rings is 1. The summed E-state index contributed by atoms with van der Waals surface area (Å²) < 4.78 is 0. The quantitative estimate of drug-likeness (QED) is 0.880. The highest BCUT2D eigenvalue weighted by Gasteiger charge is 2.31. The Kier molecular flexibility index (Phi) is 5.34. The van der Waals surface area contributed by atoms with Crippen LogP contribution in [0.25, 0.3) is 0 Å². The molecule has 20 heavy (non-hydrogen) atoms. The molecule has 1 fully saturated rings. The van der Waals surface area contributed by atoms with Gasteiger partial charge in [-0.05, 0) is 48.9 Å². The first-order chi connectivity index (χ1) is 9.64. The summed E-state index contributed by atoms with van der Waals surface area (Å²) in [5.41, 5.74) is 8.58. The van der Waals surface area contributed by atoms with Crippen LogP contribution < -0.4 is 10.6 Å². The first-order valence-electron chi connectivity index (χ1n) is 7.87. The highest BCUT2D eigenvalue weighted by atomic mass is 35.5. The average molecular weight is 295 g/mol. The second-order valence-electron chi connectivity index (χ2n) is 6.02. The molecule has 0 bridgehead atoms. The molecular formula is C17H27ClN2. The van der Waals surface area contributed by atoms with Crippen LogP contribution in [0.1, 0.15) is 45.1 Å². The van der Waals surface area contributed by atoms with E-state index in [2.05, 4.69) is 36.9 Å². The minimum absolute atomic E-state index is 0.558. The summed E-state index contributed by atoms with van der Waals surface area (Å²) in [7, 11) is 0. The van der Waals surface area contributed by atoms with E-state index >= 15 is 0 Å². The smallest absolute Gasteiger partial charge is 0.0642 e. The summed E-state index contributed by atoms with van der Waals surface area (Å²) >= 11 is 6.45. The molecule has 112 valence electrons. The number of rotatable bonds is 5. The normalized spacial score (nSPS) is 18.3. The lowest BCUT2D eigenvalue weighted by Gasteiger charge is -2.42. The van der Waals surface area contributed by atoms with Crippen LogP contribution >= 0.6 is 11.6 Å². The van der Waals surface area contributed by atoms with Crippen molar-refractivity contribution in [2.75, 3.05) is 24.5 Å². The van der Waals surface area contributed by atoms with Crippen LogP contribution in [0, 0.1) is 5.41 Å². The van der Waals surface area contributed by atoms with E-state index in [1.54, 1.807) is 0 Å². The van der Waals surface area contributed by atoms with Crippen LogP contribution in [0.5, 0.6) is 0 Å². The SMILES string of the molecule is CCC1(CC)CCN(c2ccc(CCN)cc2Cl)CC1. The number of halogens is 1. The lowest BCUT2D eigenvalue weighted by atomic mass is 9.74. The largest absolute Gasteiger partial charge is 0.370 e. The Morgan fingerprint density at radius 1 is 1.20 bits per heavy atom. The molecule has 2 N–H and O–H groups in total. The zero-order chi connectivity index (χ0) is 14.6. The van der Waals surface area contributed by atoms with E-state index < -0.39 is 0 Å². The zero-order valence-corrected chi connectivity index (χ0v) is 13.5. The van der Waals surface area contributed by atoms with Gasteiger partial charge in [0.2, 0.25) is 0 Å². The highest BCUT2D eigenvalue weighted by Crippen LogP contribution is 2.40. The van der Waals surface area contributed by atoms with Crippen molar-refractivity contribution >= 4 is 17.3 Å². The van der Waals surface area contributed by atoms with Crippen molar-refractivity contribution in [3.8, 4) is 0 Å². The third-order valence-corrected chi connectivity index (χ3v) is 5.41. The zero-order valence-electron chi connectivity index (χ0n) is 12.8. The summed E-state index contributed by atoms with van der Waals surface area (Å²) in [6.07, 6.45) is 6.04. The lowest BCUT2D eigenvalue weighted by Crippen LogP contribution is -2.39. The van der Waals surface area contributed by atoms with Crippen molar-refractivity contribution in [2.45, 2.75) is 46.0 Å². The van der Waals surface area contributed by atoms with Gasteiger partial charge in [0.05, 0.1) is 10.7 Å². The molecule has 1 aliphatic rings. The van der Waals surface area contributed by atoms with Crippen LogP contribution in [-0.2, 0) is 6.42 Å². The Morgan fingerprint density at radius 3 is 2.35 bits per heavy atom. The molecule has 2 nitrogen and oxygen atoms in total. The monoisotopic (exact) mass is 294 g/mol. The molecule has 0 aliphatic carbocycles. The van der Waals surface area contributed by atoms with E-state index in [0.717, 1.165) is 24.5 Å². The number of piperidine rings is 1. The van der Waals surface area contributed by atoms with Gasteiger partial charge in [0.25, 0.3) is 0 Å². The average Bonchev–Trinajstić information content (AvgIpc) is 2.48. The minimum Gasteiger partial charge on any atom is -0.370 e. The summed E-state index contributed by atoms with van der Waals surface area (Å²) in [6, 6.07) is 6.40. The van der Waals surface area contributed by atoms with Gasteiger partial charge in [-0.25, -0.2) is 0 Å². The van der Waals surface area contributed by atoms with Crippen molar-refractivity contribution in [1.29, 1.82) is 0 Å². The lowest BCUT2D eigenvalue weighted by molar-refractivity contribution is 0.199. The fourth-order valence-corrected chi connectivity index (χ4v) is 3.63. The summed E-state index contributed by atoms with van der Waals surface area (Å²) in [5.74, 6) is 0. The van der Waals surface area contributed by atoms with Gasteiger partial charge < -0.3 is 10.6 Å². The van der Waals surface area contributed by atoms with Gasteiger partial charge in [-0.1, -0.05) is 44.4 Å². The summed E-state index contributed by atoms with van der Waals surface area (Å²) in [5, 5.41) is 0.872. The molecule has 1 aromatic carbocycles. The van der Waals surface area contributed by atoms with Gasteiger partial charge in [0, 0.05) is 13.1 Å². The fourth-order valence-electron chi connectivity index (χ4n) is 3.31. The maximum absolute atomic E-state index is 6.45. The van der Waals surface area contributed by atoms with Gasteiger partial charge >= 0.3 is 0 Å². The molecular weight excluding hydrogens is 268 g/mol. The Bertz CT molecular complexity index is 431. The Morgan fingerprint density at radius 2 is 1.85 bits per heavy atom.